The van der Waals surface area contributed by atoms with Gasteiger partial charge in [-0.15, -0.1) is 0 Å². The summed E-state index contributed by atoms with van der Waals surface area (Å²) in [5, 5.41) is 6.14. The molecule has 1 aromatic rings. The molecule has 1 heterocycles. The van der Waals surface area contributed by atoms with Crippen molar-refractivity contribution in [1.82, 2.24) is 10.3 Å². The molecule has 0 atom stereocenters. The van der Waals surface area contributed by atoms with Crippen molar-refractivity contribution >= 4 is 11.6 Å². The molecule has 110 valence electrons. The molecule has 5 heteroatoms. The molecule has 0 spiro atoms. The molecule has 5 nitrogen and oxygen atoms in total. The maximum absolute atomic E-state index is 12.0. The van der Waals surface area contributed by atoms with E-state index in [4.69, 9.17) is 4.74 Å². The van der Waals surface area contributed by atoms with Crippen LogP contribution in [0.1, 0.15) is 43.1 Å². The minimum absolute atomic E-state index is 0.143. The van der Waals surface area contributed by atoms with Crippen LogP contribution in [-0.4, -0.2) is 36.7 Å². The zero-order valence-electron chi connectivity index (χ0n) is 12.2. The highest BCUT2D eigenvalue weighted by atomic mass is 16.5. The number of amides is 1. The summed E-state index contributed by atoms with van der Waals surface area (Å²) in [6, 6.07) is 3.63. The smallest absolute Gasteiger partial charge is 0.269 e. The van der Waals surface area contributed by atoms with Crippen LogP contribution in [-0.2, 0) is 4.74 Å². The van der Waals surface area contributed by atoms with Gasteiger partial charge in [0.2, 0.25) is 0 Å². The first-order valence-electron chi connectivity index (χ1n) is 7.22. The standard InChI is InChI=1S/C15H23N3O2/c1-3-9-16-12-5-6-13(17-10-12)14(19)18-11-15(20-2)7-4-8-15/h5-6,10,16H,3-4,7-9,11H2,1-2H3,(H,18,19). The molecule has 1 aliphatic rings. The minimum atomic E-state index is -0.154. The minimum Gasteiger partial charge on any atom is -0.384 e. The first kappa shape index (κ1) is 14.8. The summed E-state index contributed by atoms with van der Waals surface area (Å²) in [5.74, 6) is -0.143. The van der Waals surface area contributed by atoms with E-state index >= 15 is 0 Å². The zero-order valence-corrected chi connectivity index (χ0v) is 12.2. The van der Waals surface area contributed by atoms with E-state index in [9.17, 15) is 4.79 Å². The predicted octanol–water partition coefficient (Wildman–Crippen LogP) is 2.20. The molecule has 1 aliphatic carbocycles. The molecular weight excluding hydrogens is 254 g/mol. The fourth-order valence-electron chi connectivity index (χ4n) is 2.26. The lowest BCUT2D eigenvalue weighted by molar-refractivity contribution is -0.0679. The van der Waals surface area contributed by atoms with Gasteiger partial charge in [-0.1, -0.05) is 6.92 Å². The van der Waals surface area contributed by atoms with Crippen molar-refractivity contribution in [2.75, 3.05) is 25.5 Å². The van der Waals surface area contributed by atoms with Gasteiger partial charge in [-0.05, 0) is 37.8 Å². The lowest BCUT2D eigenvalue weighted by atomic mass is 9.80. The predicted molar refractivity (Wildman–Crippen MR) is 78.9 cm³/mol. The van der Waals surface area contributed by atoms with Gasteiger partial charge in [-0.3, -0.25) is 4.79 Å². The third kappa shape index (κ3) is 3.48. The van der Waals surface area contributed by atoms with Crippen LogP contribution in [0, 0.1) is 0 Å². The molecular formula is C15H23N3O2. The number of nitrogens with one attached hydrogen (secondary N) is 2. The largest absolute Gasteiger partial charge is 0.384 e. The number of methoxy groups -OCH3 is 1. The number of rotatable bonds is 7. The molecule has 1 amide bonds. The van der Waals surface area contributed by atoms with Crippen LogP contribution >= 0.6 is 0 Å². The first-order valence-corrected chi connectivity index (χ1v) is 7.22. The summed E-state index contributed by atoms with van der Waals surface area (Å²) >= 11 is 0. The van der Waals surface area contributed by atoms with Gasteiger partial charge in [-0.25, -0.2) is 4.98 Å². The number of carbonyl (C=O) groups excluding carboxylic acids is 1. The molecule has 1 aromatic heterocycles. The fourth-order valence-corrected chi connectivity index (χ4v) is 2.26. The van der Waals surface area contributed by atoms with Gasteiger partial charge < -0.3 is 15.4 Å². The van der Waals surface area contributed by atoms with E-state index in [1.165, 1.54) is 6.42 Å². The Morgan fingerprint density at radius 2 is 2.25 bits per heavy atom. The summed E-state index contributed by atoms with van der Waals surface area (Å²) < 4.78 is 5.48. The number of nitrogens with zero attached hydrogens (tertiary/aromatic N) is 1. The SMILES string of the molecule is CCCNc1ccc(C(=O)NCC2(OC)CCC2)nc1. The number of ether oxygens (including phenoxy) is 1. The third-order valence-corrected chi connectivity index (χ3v) is 3.84. The topological polar surface area (TPSA) is 63.2 Å². The Kier molecular flexibility index (Phi) is 4.95. The maximum Gasteiger partial charge on any atom is 0.269 e. The van der Waals surface area contributed by atoms with Crippen molar-refractivity contribution in [3.8, 4) is 0 Å². The highest BCUT2D eigenvalue weighted by Crippen LogP contribution is 2.34. The van der Waals surface area contributed by atoms with Crippen molar-refractivity contribution in [2.45, 2.75) is 38.2 Å². The molecule has 0 saturated heterocycles. The lowest BCUT2D eigenvalue weighted by Crippen LogP contribution is -2.49. The third-order valence-electron chi connectivity index (χ3n) is 3.84. The van der Waals surface area contributed by atoms with E-state index in [1.54, 1.807) is 19.4 Å². The number of hydrogen-bond donors (Lipinski definition) is 2. The summed E-state index contributed by atoms with van der Waals surface area (Å²) in [7, 11) is 1.71. The number of pyridine rings is 1. The van der Waals surface area contributed by atoms with E-state index in [0.29, 0.717) is 12.2 Å². The second-order valence-corrected chi connectivity index (χ2v) is 5.28. The molecule has 0 unspecified atom stereocenters. The van der Waals surface area contributed by atoms with Crippen LogP contribution in [0.25, 0.3) is 0 Å². The van der Waals surface area contributed by atoms with Gasteiger partial charge in [0.15, 0.2) is 0 Å². The van der Waals surface area contributed by atoms with Crippen LogP contribution < -0.4 is 10.6 Å². The molecule has 2 N–H and O–H groups in total. The Morgan fingerprint density at radius 3 is 2.75 bits per heavy atom. The Bertz CT molecular complexity index is 435. The highest BCUT2D eigenvalue weighted by Gasteiger charge is 2.37. The first-order chi connectivity index (χ1) is 9.69. The van der Waals surface area contributed by atoms with Gasteiger partial charge >= 0.3 is 0 Å². The van der Waals surface area contributed by atoms with E-state index in [0.717, 1.165) is 31.5 Å². The zero-order chi connectivity index (χ0) is 14.4. The van der Waals surface area contributed by atoms with Crippen LogP contribution in [0.2, 0.25) is 0 Å². The number of anilines is 1. The lowest BCUT2D eigenvalue weighted by Gasteiger charge is -2.40. The normalized spacial score (nSPS) is 16.3. The number of hydrogen-bond acceptors (Lipinski definition) is 4. The Labute approximate surface area is 120 Å². The summed E-state index contributed by atoms with van der Waals surface area (Å²) in [4.78, 5) is 16.2. The van der Waals surface area contributed by atoms with Gasteiger partial charge in [-0.2, -0.15) is 0 Å². The highest BCUT2D eigenvalue weighted by molar-refractivity contribution is 5.92. The van der Waals surface area contributed by atoms with Crippen molar-refractivity contribution in [1.29, 1.82) is 0 Å². The monoisotopic (exact) mass is 277 g/mol. The summed E-state index contributed by atoms with van der Waals surface area (Å²) in [5.41, 5.74) is 1.23. The quantitative estimate of drug-likeness (QED) is 0.802. The van der Waals surface area contributed by atoms with E-state index in [1.807, 2.05) is 6.07 Å². The van der Waals surface area contributed by atoms with Crippen LogP contribution in [0.4, 0.5) is 5.69 Å². The average Bonchev–Trinajstić information content (AvgIpc) is 2.45. The molecule has 0 bridgehead atoms. The molecule has 20 heavy (non-hydrogen) atoms. The van der Waals surface area contributed by atoms with Crippen LogP contribution in [0.3, 0.4) is 0 Å². The summed E-state index contributed by atoms with van der Waals surface area (Å²) in [6.07, 6.45) is 5.94. The van der Waals surface area contributed by atoms with Crippen LogP contribution in [0.5, 0.6) is 0 Å². The fraction of sp³-hybridized carbons (Fsp3) is 0.600. The molecule has 0 aromatic carbocycles. The molecule has 2 rings (SSSR count). The Balaban J connectivity index is 1.85. The van der Waals surface area contributed by atoms with Gasteiger partial charge in [0.05, 0.1) is 17.5 Å². The van der Waals surface area contributed by atoms with Gasteiger partial charge in [0.1, 0.15) is 5.69 Å². The second kappa shape index (κ2) is 6.70. The molecule has 1 saturated carbocycles. The van der Waals surface area contributed by atoms with Crippen molar-refractivity contribution < 1.29 is 9.53 Å². The van der Waals surface area contributed by atoms with Crippen LogP contribution in [0.15, 0.2) is 18.3 Å². The molecule has 0 aliphatic heterocycles. The van der Waals surface area contributed by atoms with Gasteiger partial charge in [0.25, 0.3) is 5.91 Å². The van der Waals surface area contributed by atoms with Crippen molar-refractivity contribution in [3.05, 3.63) is 24.0 Å². The van der Waals surface area contributed by atoms with Crippen molar-refractivity contribution in [3.63, 3.8) is 0 Å². The summed E-state index contributed by atoms with van der Waals surface area (Å²) in [6.45, 7) is 3.57. The Morgan fingerprint density at radius 1 is 1.45 bits per heavy atom. The van der Waals surface area contributed by atoms with Crippen molar-refractivity contribution in [2.24, 2.45) is 0 Å². The maximum atomic E-state index is 12.0. The average molecular weight is 277 g/mol. The molecule has 1 fully saturated rings. The van der Waals surface area contributed by atoms with E-state index in [2.05, 4.69) is 22.5 Å². The van der Waals surface area contributed by atoms with E-state index in [-0.39, 0.29) is 11.5 Å². The molecule has 0 radical (unpaired) electrons. The number of aromatic nitrogens is 1. The van der Waals surface area contributed by atoms with Gasteiger partial charge in [0, 0.05) is 20.2 Å². The van der Waals surface area contributed by atoms with E-state index < -0.39 is 0 Å². The second-order valence-electron chi connectivity index (χ2n) is 5.28. The Hall–Kier alpha value is -1.62. The number of carbonyl (C=O) groups is 1.